The largest absolute Gasteiger partial charge is 0.389 e. The molecule has 2 saturated carbocycles. The number of amides is 1. The van der Waals surface area contributed by atoms with Gasteiger partial charge in [0.05, 0.1) is 23.9 Å². The van der Waals surface area contributed by atoms with Gasteiger partial charge in [-0.15, -0.1) is 0 Å². The third-order valence-corrected chi connectivity index (χ3v) is 7.46. The van der Waals surface area contributed by atoms with Gasteiger partial charge >= 0.3 is 0 Å². The van der Waals surface area contributed by atoms with Gasteiger partial charge < -0.3 is 25.4 Å². The molecule has 2 aromatic heterocycles. The summed E-state index contributed by atoms with van der Waals surface area (Å²) in [6.07, 6.45) is 1.31. The molecular formula is C23H27ClN6O3. The van der Waals surface area contributed by atoms with Crippen molar-refractivity contribution in [1.29, 1.82) is 0 Å². The lowest BCUT2D eigenvalue weighted by Gasteiger charge is -2.31. The van der Waals surface area contributed by atoms with Crippen LogP contribution in [-0.4, -0.2) is 54.9 Å². The fourth-order valence-electron chi connectivity index (χ4n) is 5.88. The number of fused-ring (bicyclic) bond motifs is 2. The zero-order valence-corrected chi connectivity index (χ0v) is 19.3. The van der Waals surface area contributed by atoms with Crippen LogP contribution in [0.3, 0.4) is 0 Å². The second-order valence-corrected chi connectivity index (χ2v) is 9.39. The molecule has 174 valence electrons. The molecule has 3 aromatic rings. The Morgan fingerprint density at radius 2 is 2.15 bits per heavy atom. The first-order valence-electron chi connectivity index (χ1n) is 11.1. The summed E-state index contributed by atoms with van der Waals surface area (Å²) in [6.45, 7) is 2.57. The van der Waals surface area contributed by atoms with Crippen LogP contribution in [0.4, 0.5) is 5.82 Å². The predicted octanol–water partition coefficient (Wildman–Crippen LogP) is 2.21. The van der Waals surface area contributed by atoms with E-state index in [1.165, 1.54) is 0 Å². The van der Waals surface area contributed by atoms with E-state index >= 15 is 0 Å². The lowest BCUT2D eigenvalue weighted by molar-refractivity contribution is -0.140. The number of aliphatic hydroxyl groups is 2. The quantitative estimate of drug-likeness (QED) is 0.421. The van der Waals surface area contributed by atoms with E-state index in [1.807, 2.05) is 25.1 Å². The molecule has 1 aromatic carbocycles. The maximum absolute atomic E-state index is 12.8. The number of anilines is 1. The van der Waals surface area contributed by atoms with Gasteiger partial charge in [-0.2, -0.15) is 9.97 Å². The van der Waals surface area contributed by atoms with Crippen molar-refractivity contribution in [2.45, 2.75) is 51.0 Å². The molecule has 33 heavy (non-hydrogen) atoms. The van der Waals surface area contributed by atoms with Gasteiger partial charge in [-0.1, -0.05) is 36.2 Å². The van der Waals surface area contributed by atoms with Gasteiger partial charge in [0.15, 0.2) is 17.0 Å². The Bertz CT molecular complexity index is 1220. The fourth-order valence-corrected chi connectivity index (χ4v) is 6.04. The maximum atomic E-state index is 12.8. The monoisotopic (exact) mass is 470 g/mol. The van der Waals surface area contributed by atoms with Crippen LogP contribution in [0.2, 0.25) is 5.28 Å². The molecule has 0 aliphatic heterocycles. The number of carbonyl (C=O) groups excluding carboxylic acids is 1. The van der Waals surface area contributed by atoms with Crippen molar-refractivity contribution in [2.75, 3.05) is 12.4 Å². The number of hydrogen-bond acceptors (Lipinski definition) is 7. The van der Waals surface area contributed by atoms with Crippen molar-refractivity contribution in [3.8, 4) is 0 Å². The summed E-state index contributed by atoms with van der Waals surface area (Å²) in [6, 6.07) is 7.58. The van der Waals surface area contributed by atoms with Gasteiger partial charge in [-0.05, 0) is 42.8 Å². The highest BCUT2D eigenvalue weighted by atomic mass is 35.5. The van der Waals surface area contributed by atoms with Gasteiger partial charge in [0.25, 0.3) is 0 Å². The van der Waals surface area contributed by atoms with E-state index in [4.69, 9.17) is 11.6 Å². The number of aliphatic hydroxyl groups excluding tert-OH is 2. The van der Waals surface area contributed by atoms with Crippen LogP contribution in [-0.2, 0) is 11.3 Å². The Morgan fingerprint density at radius 3 is 2.91 bits per heavy atom. The molecule has 0 bridgehead atoms. The van der Waals surface area contributed by atoms with E-state index in [1.54, 1.807) is 17.9 Å². The number of nitrogens with one attached hydrogen (secondary N) is 2. The van der Waals surface area contributed by atoms with E-state index in [0.717, 1.165) is 17.5 Å². The standard InChI is InChI=1S/C23H27ClN6O3/c1-12-5-3-6-13(9-12)10-26-19-15-20(29-22(24)28-19)30(11-27-15)16-14-7-4-8-23(14,21(33)25-2)18(32)17(16)31/h3,5-6,9,11,14,16-18,31-32H,4,7-8,10H2,1-2H3,(H,25,33)(H,26,28,29)/t14-,16-,17+,18+,23+/m1/s1. The number of rotatable bonds is 5. The average Bonchev–Trinajstić information content (AvgIpc) is 3.47. The van der Waals surface area contributed by atoms with Crippen LogP contribution in [0.1, 0.15) is 36.4 Å². The van der Waals surface area contributed by atoms with E-state index < -0.39 is 23.7 Å². The number of aromatic nitrogens is 4. The van der Waals surface area contributed by atoms with Gasteiger partial charge in [0, 0.05) is 13.6 Å². The topological polar surface area (TPSA) is 125 Å². The molecule has 0 saturated heterocycles. The number of benzene rings is 1. The smallest absolute Gasteiger partial charge is 0.229 e. The molecule has 5 rings (SSSR count). The normalized spacial score (nSPS) is 28.8. The molecule has 0 radical (unpaired) electrons. The van der Waals surface area contributed by atoms with Crippen LogP contribution < -0.4 is 10.6 Å². The fraction of sp³-hybridized carbons (Fsp3) is 0.478. The van der Waals surface area contributed by atoms with Gasteiger partial charge in [-0.25, -0.2) is 4.98 Å². The average molecular weight is 471 g/mol. The van der Waals surface area contributed by atoms with Crippen molar-refractivity contribution in [2.24, 2.45) is 11.3 Å². The molecule has 4 N–H and O–H groups in total. The van der Waals surface area contributed by atoms with Crippen molar-refractivity contribution >= 4 is 34.5 Å². The minimum atomic E-state index is -1.18. The van der Waals surface area contributed by atoms with E-state index in [-0.39, 0.29) is 17.1 Å². The molecule has 10 heteroatoms. The zero-order valence-electron chi connectivity index (χ0n) is 18.5. The SMILES string of the molecule is CNC(=O)[C@@]12CCC[C@@H]1[C@@H](n1cnc3c(NCc4cccc(C)c4)nc(Cl)nc31)[C@H](O)[C@@H]2O. The first-order chi connectivity index (χ1) is 15.9. The first kappa shape index (κ1) is 22.1. The maximum Gasteiger partial charge on any atom is 0.229 e. The van der Waals surface area contributed by atoms with Crippen molar-refractivity contribution in [3.63, 3.8) is 0 Å². The van der Waals surface area contributed by atoms with Crippen LogP contribution in [0.5, 0.6) is 0 Å². The molecular weight excluding hydrogens is 444 g/mol. The molecule has 2 aliphatic carbocycles. The van der Waals surface area contributed by atoms with E-state index in [0.29, 0.717) is 36.4 Å². The molecule has 2 heterocycles. The van der Waals surface area contributed by atoms with Crippen molar-refractivity contribution in [1.82, 2.24) is 24.8 Å². The van der Waals surface area contributed by atoms with Crippen LogP contribution in [0.15, 0.2) is 30.6 Å². The van der Waals surface area contributed by atoms with Gasteiger partial charge in [0.2, 0.25) is 11.2 Å². The number of imidazole rings is 1. The van der Waals surface area contributed by atoms with Gasteiger partial charge in [-0.3, -0.25) is 4.79 Å². The second-order valence-electron chi connectivity index (χ2n) is 9.05. The minimum Gasteiger partial charge on any atom is -0.389 e. The number of hydrogen-bond donors (Lipinski definition) is 4. The third kappa shape index (κ3) is 3.37. The van der Waals surface area contributed by atoms with Crippen LogP contribution in [0, 0.1) is 18.3 Å². The summed E-state index contributed by atoms with van der Waals surface area (Å²) < 4.78 is 1.75. The van der Waals surface area contributed by atoms with E-state index in [2.05, 4.69) is 31.7 Å². The molecule has 5 atom stereocenters. The van der Waals surface area contributed by atoms with Crippen molar-refractivity contribution in [3.05, 3.63) is 47.0 Å². The Balaban J connectivity index is 1.53. The highest BCUT2D eigenvalue weighted by molar-refractivity contribution is 6.28. The Kier molecular flexibility index (Phi) is 5.50. The highest BCUT2D eigenvalue weighted by Gasteiger charge is 2.65. The Labute approximate surface area is 196 Å². The molecule has 9 nitrogen and oxygen atoms in total. The molecule has 0 unspecified atom stereocenters. The number of aryl methyl sites for hydroxylation is 1. The summed E-state index contributed by atoms with van der Waals surface area (Å²) in [5.74, 6) is -0.00351. The van der Waals surface area contributed by atoms with E-state index in [9.17, 15) is 15.0 Å². The van der Waals surface area contributed by atoms with Crippen LogP contribution in [0.25, 0.3) is 11.2 Å². The number of nitrogens with zero attached hydrogens (tertiary/aromatic N) is 4. The summed E-state index contributed by atoms with van der Waals surface area (Å²) in [5, 5.41) is 28.1. The summed E-state index contributed by atoms with van der Waals surface area (Å²) in [5.41, 5.74) is 2.20. The summed E-state index contributed by atoms with van der Waals surface area (Å²) >= 11 is 6.26. The minimum absolute atomic E-state index is 0.0491. The van der Waals surface area contributed by atoms with Gasteiger partial charge in [0.1, 0.15) is 6.10 Å². The number of carbonyl (C=O) groups is 1. The van der Waals surface area contributed by atoms with Crippen LogP contribution >= 0.6 is 11.6 Å². The molecule has 1 amide bonds. The Hall–Kier alpha value is -2.75. The zero-order chi connectivity index (χ0) is 23.3. The first-order valence-corrected chi connectivity index (χ1v) is 11.5. The second kappa shape index (κ2) is 8.23. The summed E-state index contributed by atoms with van der Waals surface area (Å²) in [4.78, 5) is 26.1. The lowest BCUT2D eigenvalue weighted by atomic mass is 9.77. The Morgan fingerprint density at radius 1 is 1.33 bits per heavy atom. The molecule has 2 fully saturated rings. The lowest BCUT2D eigenvalue weighted by Crippen LogP contribution is -2.48. The number of halogens is 1. The third-order valence-electron chi connectivity index (χ3n) is 7.29. The molecule has 0 spiro atoms. The van der Waals surface area contributed by atoms with Crippen molar-refractivity contribution < 1.29 is 15.0 Å². The predicted molar refractivity (Wildman–Crippen MR) is 124 cm³/mol. The highest BCUT2D eigenvalue weighted by Crippen LogP contribution is 2.59. The molecule has 2 aliphatic rings. The summed E-state index contributed by atoms with van der Waals surface area (Å²) in [7, 11) is 1.56.